The van der Waals surface area contributed by atoms with Gasteiger partial charge in [0.25, 0.3) is 0 Å². The fourth-order valence-corrected chi connectivity index (χ4v) is 3.42. The van der Waals surface area contributed by atoms with Crippen LogP contribution in [-0.2, 0) is 9.47 Å². The number of methoxy groups -OCH3 is 1. The molecule has 0 spiro atoms. The van der Waals surface area contributed by atoms with Crippen molar-refractivity contribution in [3.63, 3.8) is 0 Å². The maximum Gasteiger partial charge on any atom is 0.106 e. The van der Waals surface area contributed by atoms with Crippen LogP contribution in [0.5, 0.6) is 0 Å². The van der Waals surface area contributed by atoms with E-state index in [9.17, 15) is 0 Å². The Morgan fingerprint density at radius 3 is 2.68 bits per heavy atom. The summed E-state index contributed by atoms with van der Waals surface area (Å²) in [6.45, 7) is 10.6. The van der Waals surface area contributed by atoms with E-state index in [4.69, 9.17) is 9.47 Å². The first-order valence-corrected chi connectivity index (χ1v) is 7.78. The van der Waals surface area contributed by atoms with Crippen LogP contribution in [0.3, 0.4) is 0 Å². The van der Waals surface area contributed by atoms with Gasteiger partial charge in [-0.25, -0.2) is 0 Å². The first-order valence-electron chi connectivity index (χ1n) is 7.78. The molecular weight excluding hydrogens is 240 g/mol. The van der Waals surface area contributed by atoms with E-state index in [-0.39, 0.29) is 11.1 Å². The van der Waals surface area contributed by atoms with Crippen molar-refractivity contribution in [2.45, 2.75) is 50.7 Å². The van der Waals surface area contributed by atoms with Gasteiger partial charge in [0.05, 0.1) is 6.61 Å². The van der Waals surface area contributed by atoms with Crippen molar-refractivity contribution in [2.75, 3.05) is 46.5 Å². The molecule has 1 unspecified atom stereocenters. The number of rotatable bonds is 5. The smallest absolute Gasteiger partial charge is 0.106 e. The van der Waals surface area contributed by atoms with Crippen molar-refractivity contribution < 1.29 is 9.47 Å². The summed E-state index contributed by atoms with van der Waals surface area (Å²) in [4.78, 5) is 2.59. The molecule has 2 heterocycles. The molecule has 0 aromatic rings. The molecular formula is C15H30N2O2. The monoisotopic (exact) mass is 270 g/mol. The van der Waals surface area contributed by atoms with Crippen molar-refractivity contribution >= 4 is 0 Å². The molecule has 0 aliphatic carbocycles. The van der Waals surface area contributed by atoms with Gasteiger partial charge in [0.1, 0.15) is 5.60 Å². The lowest BCUT2D eigenvalue weighted by Gasteiger charge is -2.38. The molecule has 2 fully saturated rings. The van der Waals surface area contributed by atoms with Gasteiger partial charge in [-0.15, -0.1) is 0 Å². The first kappa shape index (κ1) is 15.2. The Labute approximate surface area is 117 Å². The van der Waals surface area contributed by atoms with Crippen LogP contribution in [-0.4, -0.2) is 62.5 Å². The Morgan fingerprint density at radius 1 is 1.32 bits per heavy atom. The number of nitrogens with one attached hydrogen (secondary N) is 1. The molecule has 4 nitrogen and oxygen atoms in total. The highest BCUT2D eigenvalue weighted by atomic mass is 16.5. The van der Waals surface area contributed by atoms with Crippen LogP contribution in [0.2, 0.25) is 0 Å². The molecule has 1 N–H and O–H groups in total. The predicted octanol–water partition coefficient (Wildman–Crippen LogP) is 1.65. The predicted molar refractivity (Wildman–Crippen MR) is 77.5 cm³/mol. The zero-order valence-corrected chi connectivity index (χ0v) is 12.8. The molecule has 0 bridgehead atoms. The quantitative estimate of drug-likeness (QED) is 0.823. The highest BCUT2D eigenvalue weighted by molar-refractivity contribution is 4.95. The zero-order chi connectivity index (χ0) is 13.8. The lowest BCUT2D eigenvalue weighted by molar-refractivity contribution is -0.0434. The summed E-state index contributed by atoms with van der Waals surface area (Å²) in [6, 6.07) is 0. The molecule has 112 valence electrons. The molecule has 0 amide bonds. The van der Waals surface area contributed by atoms with E-state index < -0.39 is 0 Å². The molecule has 2 aliphatic heterocycles. The van der Waals surface area contributed by atoms with Crippen molar-refractivity contribution in [1.82, 2.24) is 10.2 Å². The molecule has 2 saturated heterocycles. The standard InChI is InChI=1S/C15H30N2O2/c1-4-14(5-2)11-17(9-6-8-16-14)12-15(18-3)7-10-19-13-15/h16H,4-13H2,1-3H3. The van der Waals surface area contributed by atoms with Crippen LogP contribution >= 0.6 is 0 Å². The van der Waals surface area contributed by atoms with Crippen LogP contribution in [0, 0.1) is 0 Å². The minimum absolute atomic E-state index is 0.0719. The topological polar surface area (TPSA) is 33.7 Å². The summed E-state index contributed by atoms with van der Waals surface area (Å²) in [7, 11) is 1.83. The summed E-state index contributed by atoms with van der Waals surface area (Å²) < 4.78 is 11.4. The largest absolute Gasteiger partial charge is 0.378 e. The summed E-state index contributed by atoms with van der Waals surface area (Å²) in [6.07, 6.45) is 4.63. The Kier molecular flexibility index (Phi) is 5.23. The summed E-state index contributed by atoms with van der Waals surface area (Å²) >= 11 is 0. The van der Waals surface area contributed by atoms with Gasteiger partial charge in [0.2, 0.25) is 0 Å². The second-order valence-electron chi connectivity index (χ2n) is 6.17. The van der Waals surface area contributed by atoms with E-state index in [1.807, 2.05) is 7.11 Å². The second-order valence-corrected chi connectivity index (χ2v) is 6.17. The average molecular weight is 270 g/mol. The fraction of sp³-hybridized carbons (Fsp3) is 1.00. The molecule has 0 aromatic carbocycles. The Balaban J connectivity index is 2.02. The van der Waals surface area contributed by atoms with Crippen molar-refractivity contribution in [1.29, 1.82) is 0 Å². The molecule has 0 aromatic heterocycles. The highest BCUT2D eigenvalue weighted by Crippen LogP contribution is 2.26. The second kappa shape index (κ2) is 6.53. The summed E-state index contributed by atoms with van der Waals surface area (Å²) in [5, 5.41) is 3.77. The van der Waals surface area contributed by atoms with E-state index in [0.29, 0.717) is 0 Å². The maximum atomic E-state index is 5.79. The highest BCUT2D eigenvalue weighted by Gasteiger charge is 2.39. The van der Waals surface area contributed by atoms with E-state index >= 15 is 0 Å². The SMILES string of the molecule is CCC1(CC)CN(CC2(OC)CCOC2)CCCN1. The van der Waals surface area contributed by atoms with Gasteiger partial charge >= 0.3 is 0 Å². The van der Waals surface area contributed by atoms with Crippen molar-refractivity contribution in [3.05, 3.63) is 0 Å². The summed E-state index contributed by atoms with van der Waals surface area (Å²) in [5.41, 5.74) is 0.211. The van der Waals surface area contributed by atoms with Gasteiger partial charge in [-0.3, -0.25) is 4.90 Å². The Morgan fingerprint density at radius 2 is 2.11 bits per heavy atom. The number of nitrogens with zero attached hydrogens (tertiary/aromatic N) is 1. The lowest BCUT2D eigenvalue weighted by atomic mass is 9.91. The molecule has 2 aliphatic rings. The van der Waals surface area contributed by atoms with Gasteiger partial charge < -0.3 is 14.8 Å². The van der Waals surface area contributed by atoms with E-state index in [0.717, 1.165) is 39.3 Å². The van der Waals surface area contributed by atoms with Crippen molar-refractivity contribution in [3.8, 4) is 0 Å². The lowest BCUT2D eigenvalue weighted by Crippen LogP contribution is -2.54. The van der Waals surface area contributed by atoms with Crippen LogP contribution in [0.1, 0.15) is 39.5 Å². The minimum Gasteiger partial charge on any atom is -0.378 e. The number of ether oxygens (including phenoxy) is 2. The van der Waals surface area contributed by atoms with Crippen LogP contribution in [0.4, 0.5) is 0 Å². The fourth-order valence-electron chi connectivity index (χ4n) is 3.42. The summed E-state index contributed by atoms with van der Waals surface area (Å²) in [5.74, 6) is 0. The Hall–Kier alpha value is -0.160. The molecule has 19 heavy (non-hydrogen) atoms. The third-order valence-electron chi connectivity index (χ3n) is 5.04. The third-order valence-corrected chi connectivity index (χ3v) is 5.04. The van der Waals surface area contributed by atoms with Gasteiger partial charge in [0, 0.05) is 38.8 Å². The van der Waals surface area contributed by atoms with Gasteiger partial charge in [0.15, 0.2) is 0 Å². The van der Waals surface area contributed by atoms with Crippen molar-refractivity contribution in [2.24, 2.45) is 0 Å². The molecule has 0 radical (unpaired) electrons. The molecule has 4 heteroatoms. The maximum absolute atomic E-state index is 5.79. The van der Waals surface area contributed by atoms with E-state index in [1.54, 1.807) is 0 Å². The molecule has 0 saturated carbocycles. The van der Waals surface area contributed by atoms with Gasteiger partial charge in [-0.1, -0.05) is 13.8 Å². The number of hydrogen-bond acceptors (Lipinski definition) is 4. The van der Waals surface area contributed by atoms with Gasteiger partial charge in [-0.2, -0.15) is 0 Å². The molecule has 1 atom stereocenters. The van der Waals surface area contributed by atoms with E-state index in [1.165, 1.54) is 25.8 Å². The van der Waals surface area contributed by atoms with Crippen LogP contribution in [0.15, 0.2) is 0 Å². The third kappa shape index (κ3) is 3.48. The first-order chi connectivity index (χ1) is 9.17. The van der Waals surface area contributed by atoms with Crippen LogP contribution < -0.4 is 5.32 Å². The average Bonchev–Trinajstić information content (AvgIpc) is 2.81. The van der Waals surface area contributed by atoms with Gasteiger partial charge in [-0.05, 0) is 32.4 Å². The zero-order valence-electron chi connectivity index (χ0n) is 12.8. The van der Waals surface area contributed by atoms with E-state index in [2.05, 4.69) is 24.1 Å². The molecule has 2 rings (SSSR count). The number of hydrogen-bond donors (Lipinski definition) is 1. The Bertz CT molecular complexity index is 273. The minimum atomic E-state index is -0.0719. The van der Waals surface area contributed by atoms with Crippen LogP contribution in [0.25, 0.3) is 0 Å². The normalized spacial score (nSPS) is 32.4.